The van der Waals surface area contributed by atoms with Crippen LogP contribution in [0.15, 0.2) is 42.5 Å². The van der Waals surface area contributed by atoms with Crippen LogP contribution in [-0.2, 0) is 4.79 Å². The summed E-state index contributed by atoms with van der Waals surface area (Å²) in [6, 6.07) is 12.0. The summed E-state index contributed by atoms with van der Waals surface area (Å²) < 4.78 is 21.9. The fourth-order valence-corrected chi connectivity index (χ4v) is 3.89. The van der Waals surface area contributed by atoms with Gasteiger partial charge in [-0.25, -0.2) is 0 Å². The minimum atomic E-state index is -0.100. The first kappa shape index (κ1) is 20.9. The molecule has 2 aromatic carbocycles. The first-order valence-corrected chi connectivity index (χ1v) is 10.5. The molecule has 0 radical (unpaired) electrons. The van der Waals surface area contributed by atoms with Gasteiger partial charge in [-0.15, -0.1) is 0 Å². The van der Waals surface area contributed by atoms with Crippen molar-refractivity contribution < 1.29 is 23.7 Å². The number of methoxy groups -OCH3 is 2. The van der Waals surface area contributed by atoms with Crippen molar-refractivity contribution in [1.82, 2.24) is 5.32 Å². The third-order valence-electron chi connectivity index (χ3n) is 5.56. The Balaban J connectivity index is 1.31. The maximum absolute atomic E-state index is 12.4. The van der Waals surface area contributed by atoms with Gasteiger partial charge in [0, 0.05) is 30.9 Å². The summed E-state index contributed by atoms with van der Waals surface area (Å²) in [6.07, 6.45) is 5.14. The molecular weight excluding hydrogens is 396 g/mol. The van der Waals surface area contributed by atoms with Gasteiger partial charge in [-0.05, 0) is 60.9 Å². The molecule has 1 saturated heterocycles. The van der Waals surface area contributed by atoms with E-state index >= 15 is 0 Å². The molecule has 7 heteroatoms. The summed E-state index contributed by atoms with van der Waals surface area (Å²) in [6.45, 7) is 2.80. The highest BCUT2D eigenvalue weighted by molar-refractivity contribution is 5.92. The van der Waals surface area contributed by atoms with E-state index in [0.717, 1.165) is 37.2 Å². The number of ether oxygens (including phenoxy) is 4. The number of anilines is 1. The van der Waals surface area contributed by atoms with Gasteiger partial charge in [0.05, 0.1) is 14.2 Å². The predicted molar refractivity (Wildman–Crippen MR) is 119 cm³/mol. The molecule has 0 aliphatic carbocycles. The molecule has 31 heavy (non-hydrogen) atoms. The largest absolute Gasteiger partial charge is 0.497 e. The van der Waals surface area contributed by atoms with Crippen molar-refractivity contribution in [1.29, 1.82) is 0 Å². The molecule has 1 amide bonds. The fourth-order valence-electron chi connectivity index (χ4n) is 3.89. The van der Waals surface area contributed by atoms with E-state index in [4.69, 9.17) is 18.9 Å². The van der Waals surface area contributed by atoms with Crippen molar-refractivity contribution in [2.45, 2.75) is 18.9 Å². The zero-order valence-corrected chi connectivity index (χ0v) is 17.9. The van der Waals surface area contributed by atoms with Gasteiger partial charge in [-0.3, -0.25) is 4.79 Å². The monoisotopic (exact) mass is 424 g/mol. The van der Waals surface area contributed by atoms with Crippen molar-refractivity contribution in [3.05, 3.63) is 48.0 Å². The maximum atomic E-state index is 12.4. The molecule has 2 heterocycles. The molecule has 0 unspecified atom stereocenters. The average Bonchev–Trinajstić information content (AvgIpc) is 2.82. The van der Waals surface area contributed by atoms with Gasteiger partial charge in [0.1, 0.15) is 19.0 Å². The summed E-state index contributed by atoms with van der Waals surface area (Å²) in [7, 11) is 3.26. The number of amides is 1. The predicted octanol–water partition coefficient (Wildman–Crippen LogP) is 3.27. The van der Waals surface area contributed by atoms with E-state index in [0.29, 0.717) is 30.5 Å². The molecule has 2 aliphatic rings. The van der Waals surface area contributed by atoms with Crippen molar-refractivity contribution in [2.24, 2.45) is 0 Å². The molecule has 4 rings (SSSR count). The van der Waals surface area contributed by atoms with Gasteiger partial charge in [0.2, 0.25) is 11.7 Å². The lowest BCUT2D eigenvalue weighted by molar-refractivity contribution is -0.117. The summed E-state index contributed by atoms with van der Waals surface area (Å²) in [4.78, 5) is 14.8. The Morgan fingerprint density at radius 1 is 1.06 bits per heavy atom. The van der Waals surface area contributed by atoms with Crippen LogP contribution in [0.25, 0.3) is 6.08 Å². The van der Waals surface area contributed by atoms with Crippen LogP contribution in [0, 0.1) is 0 Å². The highest BCUT2D eigenvalue weighted by Crippen LogP contribution is 2.40. The molecule has 2 aromatic rings. The lowest BCUT2D eigenvalue weighted by Crippen LogP contribution is -2.44. The van der Waals surface area contributed by atoms with E-state index in [2.05, 4.69) is 22.3 Å². The van der Waals surface area contributed by atoms with Gasteiger partial charge in [0.15, 0.2) is 11.5 Å². The molecule has 1 fully saturated rings. The third-order valence-corrected chi connectivity index (χ3v) is 5.56. The van der Waals surface area contributed by atoms with Gasteiger partial charge < -0.3 is 29.2 Å². The number of rotatable bonds is 6. The minimum absolute atomic E-state index is 0.100. The lowest BCUT2D eigenvalue weighted by atomic mass is 10.0. The zero-order chi connectivity index (χ0) is 21.6. The van der Waals surface area contributed by atoms with Crippen LogP contribution in [0.4, 0.5) is 5.69 Å². The van der Waals surface area contributed by atoms with Gasteiger partial charge >= 0.3 is 0 Å². The lowest BCUT2D eigenvalue weighted by Gasteiger charge is -2.33. The number of hydrogen-bond donors (Lipinski definition) is 1. The molecule has 1 N–H and O–H groups in total. The van der Waals surface area contributed by atoms with E-state index in [1.54, 1.807) is 26.4 Å². The van der Waals surface area contributed by atoms with Crippen LogP contribution in [0.2, 0.25) is 0 Å². The number of nitrogens with zero attached hydrogens (tertiary/aromatic N) is 1. The molecule has 7 nitrogen and oxygen atoms in total. The highest BCUT2D eigenvalue weighted by atomic mass is 16.6. The number of carbonyl (C=O) groups excluding carboxylic acids is 1. The van der Waals surface area contributed by atoms with Crippen molar-refractivity contribution >= 4 is 17.7 Å². The Bertz CT molecular complexity index is 916. The Morgan fingerprint density at radius 2 is 1.81 bits per heavy atom. The highest BCUT2D eigenvalue weighted by Gasteiger charge is 2.21. The van der Waals surface area contributed by atoms with E-state index in [1.165, 1.54) is 5.69 Å². The van der Waals surface area contributed by atoms with Gasteiger partial charge in [0.25, 0.3) is 0 Å². The first-order valence-electron chi connectivity index (χ1n) is 10.5. The summed E-state index contributed by atoms with van der Waals surface area (Å²) >= 11 is 0. The number of benzene rings is 2. The SMILES string of the molecule is COc1ccc(N2CCC(NC(=O)/C=C/c3cc(OC)c4c(c3)OCCO4)CC2)cc1. The second kappa shape index (κ2) is 9.64. The zero-order valence-electron chi connectivity index (χ0n) is 17.9. The normalized spacial score (nSPS) is 16.3. The maximum Gasteiger partial charge on any atom is 0.244 e. The number of carbonyl (C=O) groups is 1. The second-order valence-electron chi connectivity index (χ2n) is 7.55. The average molecular weight is 424 g/mol. The van der Waals surface area contributed by atoms with Crippen LogP contribution < -0.4 is 29.2 Å². The van der Waals surface area contributed by atoms with Crippen LogP contribution in [-0.4, -0.2) is 52.5 Å². The number of nitrogens with one attached hydrogen (secondary N) is 1. The van der Waals surface area contributed by atoms with Crippen molar-refractivity contribution in [3.8, 4) is 23.0 Å². The van der Waals surface area contributed by atoms with Crippen LogP contribution in [0.5, 0.6) is 23.0 Å². The van der Waals surface area contributed by atoms with E-state index in [1.807, 2.05) is 24.3 Å². The molecule has 164 valence electrons. The molecule has 0 bridgehead atoms. The number of hydrogen-bond acceptors (Lipinski definition) is 6. The second-order valence-corrected chi connectivity index (χ2v) is 7.55. The summed E-state index contributed by atoms with van der Waals surface area (Å²) in [5, 5.41) is 3.11. The van der Waals surface area contributed by atoms with Crippen molar-refractivity contribution in [2.75, 3.05) is 45.4 Å². The summed E-state index contributed by atoms with van der Waals surface area (Å²) in [5.74, 6) is 2.60. The van der Waals surface area contributed by atoms with Crippen LogP contribution >= 0.6 is 0 Å². The molecule has 0 atom stereocenters. The van der Waals surface area contributed by atoms with Crippen molar-refractivity contribution in [3.63, 3.8) is 0 Å². The number of fused-ring (bicyclic) bond motifs is 1. The Labute approximate surface area is 182 Å². The Morgan fingerprint density at radius 3 is 2.52 bits per heavy atom. The number of piperidine rings is 1. The van der Waals surface area contributed by atoms with E-state index in [9.17, 15) is 4.79 Å². The first-order chi connectivity index (χ1) is 15.2. The van der Waals surface area contributed by atoms with E-state index in [-0.39, 0.29) is 11.9 Å². The Hall–Kier alpha value is -3.35. The fraction of sp³-hybridized carbons (Fsp3) is 0.375. The Kier molecular flexibility index (Phi) is 6.50. The standard InChI is InChI=1S/C24H28N2O5/c1-28-20-6-4-19(5-7-20)26-11-9-18(10-12-26)25-23(27)8-3-17-15-21(29-2)24-22(16-17)30-13-14-31-24/h3-8,15-16,18H,9-14H2,1-2H3,(H,25,27)/b8-3+. The molecule has 2 aliphatic heterocycles. The van der Waals surface area contributed by atoms with Crippen LogP contribution in [0.1, 0.15) is 18.4 Å². The molecule has 0 spiro atoms. The smallest absolute Gasteiger partial charge is 0.244 e. The summed E-state index contributed by atoms with van der Waals surface area (Å²) in [5.41, 5.74) is 2.00. The molecule has 0 saturated carbocycles. The topological polar surface area (TPSA) is 69.3 Å². The molecular formula is C24H28N2O5. The third kappa shape index (κ3) is 5.05. The van der Waals surface area contributed by atoms with Gasteiger partial charge in [-0.2, -0.15) is 0 Å². The van der Waals surface area contributed by atoms with Gasteiger partial charge in [-0.1, -0.05) is 0 Å². The minimum Gasteiger partial charge on any atom is -0.497 e. The quantitative estimate of drug-likeness (QED) is 0.718. The molecule has 0 aromatic heterocycles. The van der Waals surface area contributed by atoms with Crippen LogP contribution in [0.3, 0.4) is 0 Å². The van der Waals surface area contributed by atoms with E-state index < -0.39 is 0 Å².